The maximum Gasteiger partial charge on any atom is 0.302 e. The highest BCUT2D eigenvalue weighted by atomic mass is 16.6. The fraction of sp³-hybridized carbons (Fsp3) is 0.800. The van der Waals surface area contributed by atoms with Crippen LogP contribution in [0.1, 0.15) is 87.0 Å². The van der Waals surface area contributed by atoms with Gasteiger partial charge >= 0.3 is 5.97 Å². The Bertz CT molecular complexity index is 979. The SMILES string of the molecule is CC(=O)O[C@H](C[C@]1(C)OC1(C)C)[C@@H](C)[C@H]1CC[C@@H]2[C@H]3[C@H](O)CC4=CC(=O)C=C[C@]4(C)[C@H]3CC[C@]12C. The van der Waals surface area contributed by atoms with E-state index >= 15 is 0 Å². The number of rotatable bonds is 5. The fourth-order valence-corrected chi connectivity index (χ4v) is 9.09. The van der Waals surface area contributed by atoms with E-state index in [0.29, 0.717) is 24.2 Å². The molecule has 0 spiro atoms. The predicted octanol–water partition coefficient (Wildman–Crippen LogP) is 5.41. The number of aliphatic hydroxyl groups is 1. The molecule has 5 heteroatoms. The molecule has 1 N–H and O–H groups in total. The number of allylic oxidation sites excluding steroid dienone is 3. The van der Waals surface area contributed by atoms with Crippen LogP contribution in [0.5, 0.6) is 0 Å². The Morgan fingerprint density at radius 3 is 2.49 bits per heavy atom. The molecule has 0 aromatic rings. The molecule has 1 saturated heterocycles. The van der Waals surface area contributed by atoms with Crippen LogP contribution < -0.4 is 0 Å². The van der Waals surface area contributed by atoms with Gasteiger partial charge in [0.2, 0.25) is 0 Å². The van der Waals surface area contributed by atoms with Gasteiger partial charge in [-0.1, -0.05) is 32.4 Å². The number of fused-ring (bicyclic) bond motifs is 5. The van der Waals surface area contributed by atoms with Gasteiger partial charge in [-0.25, -0.2) is 0 Å². The first-order chi connectivity index (χ1) is 16.2. The van der Waals surface area contributed by atoms with E-state index in [1.54, 1.807) is 12.2 Å². The molecular formula is C30H44O5. The van der Waals surface area contributed by atoms with E-state index in [4.69, 9.17) is 9.47 Å². The van der Waals surface area contributed by atoms with Gasteiger partial charge in [-0.3, -0.25) is 9.59 Å². The van der Waals surface area contributed by atoms with Crippen molar-refractivity contribution in [1.29, 1.82) is 0 Å². The summed E-state index contributed by atoms with van der Waals surface area (Å²) in [6, 6.07) is 0. The standard InChI is InChI=1S/C30H44O5/c1-17(25(34-18(2)31)16-30(7)27(3,4)35-30)21-8-9-22-26-23(11-13-29(21,22)6)28(5)12-10-20(32)14-19(28)15-24(26)33/h10,12,14,17,21-26,33H,8-9,11,13,15-16H2,1-7H3/t17-,21+,22+,23-,24+,25+,26+,28-,29+,30-/m0/s1. The highest BCUT2D eigenvalue weighted by Gasteiger charge is 2.64. The smallest absolute Gasteiger partial charge is 0.302 e. The van der Waals surface area contributed by atoms with Gasteiger partial charge in [-0.15, -0.1) is 0 Å². The molecule has 4 fully saturated rings. The molecule has 1 aliphatic heterocycles. The summed E-state index contributed by atoms with van der Waals surface area (Å²) in [5.74, 6) is 1.52. The summed E-state index contributed by atoms with van der Waals surface area (Å²) in [7, 11) is 0. The minimum absolute atomic E-state index is 0.0477. The number of ketones is 1. The van der Waals surface area contributed by atoms with Gasteiger partial charge in [-0.05, 0) is 100 Å². The maximum absolute atomic E-state index is 12.1. The number of hydrogen-bond acceptors (Lipinski definition) is 5. The van der Waals surface area contributed by atoms with Gasteiger partial charge < -0.3 is 14.6 Å². The van der Waals surface area contributed by atoms with Gasteiger partial charge in [0.05, 0.1) is 17.3 Å². The monoisotopic (exact) mass is 484 g/mol. The Hall–Kier alpha value is -1.46. The van der Waals surface area contributed by atoms with Crippen LogP contribution in [0.4, 0.5) is 0 Å². The van der Waals surface area contributed by atoms with Crippen LogP contribution >= 0.6 is 0 Å². The molecule has 0 bridgehead atoms. The molecular weight excluding hydrogens is 440 g/mol. The molecule has 194 valence electrons. The van der Waals surface area contributed by atoms with Crippen LogP contribution in [0.2, 0.25) is 0 Å². The Balaban J connectivity index is 1.40. The lowest BCUT2D eigenvalue weighted by Gasteiger charge is -2.59. The topological polar surface area (TPSA) is 76.1 Å². The first-order valence-corrected chi connectivity index (χ1v) is 13.7. The third-order valence-electron chi connectivity index (χ3n) is 11.5. The molecule has 35 heavy (non-hydrogen) atoms. The normalized spacial score (nSPS) is 47.1. The van der Waals surface area contributed by atoms with Crippen molar-refractivity contribution in [3.05, 3.63) is 23.8 Å². The summed E-state index contributed by atoms with van der Waals surface area (Å²) in [6.45, 7) is 14.8. The van der Waals surface area contributed by atoms with E-state index in [9.17, 15) is 14.7 Å². The van der Waals surface area contributed by atoms with E-state index in [0.717, 1.165) is 37.7 Å². The highest BCUT2D eigenvalue weighted by Crippen LogP contribution is 2.67. The van der Waals surface area contributed by atoms with E-state index in [1.807, 2.05) is 0 Å². The lowest BCUT2D eigenvalue weighted by Crippen LogP contribution is -2.55. The molecule has 0 aromatic heterocycles. The molecule has 0 amide bonds. The molecule has 3 saturated carbocycles. The second kappa shape index (κ2) is 8.02. The van der Waals surface area contributed by atoms with E-state index in [-0.39, 0.29) is 51.7 Å². The van der Waals surface area contributed by atoms with Gasteiger partial charge in [0.25, 0.3) is 0 Å². The zero-order valence-electron chi connectivity index (χ0n) is 22.6. The Labute approximate surface area is 210 Å². The van der Waals surface area contributed by atoms with Crippen LogP contribution in [-0.2, 0) is 19.1 Å². The van der Waals surface area contributed by atoms with Crippen molar-refractivity contribution in [2.24, 2.45) is 40.4 Å². The maximum atomic E-state index is 12.1. The number of epoxide rings is 1. The molecule has 5 nitrogen and oxygen atoms in total. The van der Waals surface area contributed by atoms with Crippen molar-refractivity contribution in [2.75, 3.05) is 0 Å². The molecule has 0 unspecified atom stereocenters. The molecule has 5 aliphatic rings. The van der Waals surface area contributed by atoms with Gasteiger partial charge in [0.1, 0.15) is 6.10 Å². The summed E-state index contributed by atoms with van der Waals surface area (Å²) in [4.78, 5) is 24.2. The molecule has 0 aromatic carbocycles. The first-order valence-electron chi connectivity index (χ1n) is 13.7. The molecule has 0 radical (unpaired) electrons. The summed E-state index contributed by atoms with van der Waals surface area (Å²) >= 11 is 0. The Morgan fingerprint density at radius 1 is 1.17 bits per heavy atom. The van der Waals surface area contributed by atoms with Crippen molar-refractivity contribution < 1.29 is 24.2 Å². The summed E-state index contributed by atoms with van der Waals surface area (Å²) in [5.41, 5.74) is 0.631. The van der Waals surface area contributed by atoms with Crippen LogP contribution in [-0.4, -0.2) is 40.3 Å². The first kappa shape index (κ1) is 25.2. The zero-order valence-corrected chi connectivity index (χ0v) is 22.6. The number of esters is 1. The lowest BCUT2D eigenvalue weighted by molar-refractivity contribution is -0.154. The summed E-state index contributed by atoms with van der Waals surface area (Å²) < 4.78 is 12.0. The Morgan fingerprint density at radius 2 is 1.86 bits per heavy atom. The third-order valence-corrected chi connectivity index (χ3v) is 11.5. The average Bonchev–Trinajstić information content (AvgIpc) is 3.07. The number of carbonyl (C=O) groups is 2. The predicted molar refractivity (Wildman–Crippen MR) is 134 cm³/mol. The van der Waals surface area contributed by atoms with Crippen molar-refractivity contribution in [3.8, 4) is 0 Å². The zero-order chi connectivity index (χ0) is 25.6. The fourth-order valence-electron chi connectivity index (χ4n) is 9.09. The molecule has 5 rings (SSSR count). The van der Waals surface area contributed by atoms with Crippen LogP contribution in [0.15, 0.2) is 23.8 Å². The summed E-state index contributed by atoms with van der Waals surface area (Å²) in [6.07, 6.45) is 10.7. The largest absolute Gasteiger partial charge is 0.462 e. The van der Waals surface area contributed by atoms with Crippen molar-refractivity contribution in [2.45, 2.75) is 110 Å². The van der Waals surface area contributed by atoms with Crippen LogP contribution in [0.25, 0.3) is 0 Å². The lowest BCUT2D eigenvalue weighted by atomic mass is 9.46. The van der Waals surface area contributed by atoms with Crippen LogP contribution in [0, 0.1) is 40.4 Å². The minimum atomic E-state index is -0.402. The van der Waals surface area contributed by atoms with E-state index in [2.05, 4.69) is 47.6 Å². The van der Waals surface area contributed by atoms with Gasteiger partial charge in [-0.2, -0.15) is 0 Å². The van der Waals surface area contributed by atoms with E-state index in [1.165, 1.54) is 6.92 Å². The second-order valence-corrected chi connectivity index (χ2v) is 13.5. The average molecular weight is 485 g/mol. The molecule has 4 aliphatic carbocycles. The Kier molecular flexibility index (Phi) is 5.77. The van der Waals surface area contributed by atoms with Gasteiger partial charge in [0.15, 0.2) is 5.78 Å². The number of hydrogen-bond donors (Lipinski definition) is 1. The van der Waals surface area contributed by atoms with Crippen molar-refractivity contribution in [3.63, 3.8) is 0 Å². The van der Waals surface area contributed by atoms with Gasteiger partial charge in [0, 0.05) is 18.8 Å². The summed E-state index contributed by atoms with van der Waals surface area (Å²) in [5, 5.41) is 11.4. The van der Waals surface area contributed by atoms with Crippen molar-refractivity contribution in [1.82, 2.24) is 0 Å². The highest BCUT2D eigenvalue weighted by molar-refractivity contribution is 6.01. The number of aliphatic hydroxyl groups excluding tert-OH is 1. The molecule has 10 atom stereocenters. The van der Waals surface area contributed by atoms with E-state index < -0.39 is 6.10 Å². The minimum Gasteiger partial charge on any atom is -0.462 e. The van der Waals surface area contributed by atoms with Crippen LogP contribution in [0.3, 0.4) is 0 Å². The quantitative estimate of drug-likeness (QED) is 0.417. The third kappa shape index (κ3) is 3.79. The number of carbonyl (C=O) groups excluding carboxylic acids is 2. The molecule has 1 heterocycles. The number of ether oxygens (including phenoxy) is 2. The second-order valence-electron chi connectivity index (χ2n) is 13.5. The van der Waals surface area contributed by atoms with Crippen molar-refractivity contribution >= 4 is 11.8 Å².